The standard InChI is InChI=1S/C22H24N4O3S2/c27-21(16-30-22-23-15-18-6-2-5-12-25(18)22)26-13-9-17-14-19(7-8-20(17)26)31(28,29)24-10-3-1-4-11-24/h2,5-8,12,14-15H,1,3-4,9-11,13,16H2. The molecule has 0 bridgehead atoms. The predicted octanol–water partition coefficient (Wildman–Crippen LogP) is 3.19. The van der Waals surface area contributed by atoms with Crippen LogP contribution in [0.25, 0.3) is 5.52 Å². The summed E-state index contributed by atoms with van der Waals surface area (Å²) in [5.74, 6) is 0.282. The fraction of sp³-hybridized carbons (Fsp3) is 0.364. The molecule has 3 aromatic rings. The molecule has 0 unspecified atom stereocenters. The van der Waals surface area contributed by atoms with Gasteiger partial charge in [0.15, 0.2) is 5.16 Å². The van der Waals surface area contributed by atoms with E-state index in [1.165, 1.54) is 11.8 Å². The molecule has 1 saturated heterocycles. The number of sulfonamides is 1. The molecule has 31 heavy (non-hydrogen) atoms. The van der Waals surface area contributed by atoms with Crippen LogP contribution in [0, 0.1) is 0 Å². The van der Waals surface area contributed by atoms with E-state index in [0.717, 1.165) is 41.2 Å². The molecule has 9 heteroatoms. The molecule has 0 saturated carbocycles. The summed E-state index contributed by atoms with van der Waals surface area (Å²) < 4.78 is 29.5. The third-order valence-electron chi connectivity index (χ3n) is 5.93. The van der Waals surface area contributed by atoms with Crippen molar-refractivity contribution in [2.24, 2.45) is 0 Å². The number of amides is 1. The van der Waals surface area contributed by atoms with Gasteiger partial charge in [-0.15, -0.1) is 0 Å². The molecule has 1 amide bonds. The summed E-state index contributed by atoms with van der Waals surface area (Å²) in [5, 5.41) is 0.784. The van der Waals surface area contributed by atoms with Crippen molar-refractivity contribution in [1.82, 2.24) is 13.7 Å². The van der Waals surface area contributed by atoms with Gasteiger partial charge in [-0.2, -0.15) is 4.31 Å². The van der Waals surface area contributed by atoms with Crippen LogP contribution in [0.2, 0.25) is 0 Å². The molecule has 1 aromatic carbocycles. The maximum Gasteiger partial charge on any atom is 0.243 e. The summed E-state index contributed by atoms with van der Waals surface area (Å²) in [4.78, 5) is 19.4. The number of hydrogen-bond acceptors (Lipinski definition) is 5. The number of carbonyl (C=O) groups excluding carboxylic acids is 1. The molecular formula is C22H24N4O3S2. The van der Waals surface area contributed by atoms with Crippen molar-refractivity contribution >= 4 is 38.9 Å². The fourth-order valence-electron chi connectivity index (χ4n) is 4.28. The quantitative estimate of drug-likeness (QED) is 0.551. The van der Waals surface area contributed by atoms with E-state index in [1.54, 1.807) is 33.6 Å². The number of rotatable bonds is 5. The fourth-order valence-corrected chi connectivity index (χ4v) is 6.69. The van der Waals surface area contributed by atoms with Gasteiger partial charge in [0, 0.05) is 31.5 Å². The van der Waals surface area contributed by atoms with E-state index in [2.05, 4.69) is 4.98 Å². The number of imidazole rings is 1. The Hall–Kier alpha value is -2.36. The van der Waals surface area contributed by atoms with Gasteiger partial charge in [-0.1, -0.05) is 24.2 Å². The summed E-state index contributed by atoms with van der Waals surface area (Å²) in [6.45, 7) is 1.75. The molecule has 4 heterocycles. The molecule has 5 rings (SSSR count). The number of piperidine rings is 1. The minimum atomic E-state index is -3.47. The summed E-state index contributed by atoms with van der Waals surface area (Å²) in [7, 11) is -3.47. The van der Waals surface area contributed by atoms with Crippen molar-refractivity contribution in [2.45, 2.75) is 35.7 Å². The zero-order valence-electron chi connectivity index (χ0n) is 17.1. The van der Waals surface area contributed by atoms with Crippen molar-refractivity contribution < 1.29 is 13.2 Å². The molecule has 2 aliphatic heterocycles. The smallest absolute Gasteiger partial charge is 0.243 e. The van der Waals surface area contributed by atoms with Gasteiger partial charge in [0.2, 0.25) is 15.9 Å². The highest BCUT2D eigenvalue weighted by molar-refractivity contribution is 7.99. The van der Waals surface area contributed by atoms with Crippen molar-refractivity contribution in [3.8, 4) is 0 Å². The number of fused-ring (bicyclic) bond motifs is 2. The van der Waals surface area contributed by atoms with Crippen molar-refractivity contribution in [3.05, 3.63) is 54.4 Å². The number of thioether (sulfide) groups is 1. The van der Waals surface area contributed by atoms with Gasteiger partial charge in [-0.05, 0) is 55.2 Å². The van der Waals surface area contributed by atoms with Crippen LogP contribution in [-0.4, -0.2) is 53.4 Å². The molecule has 162 valence electrons. The van der Waals surface area contributed by atoms with Gasteiger partial charge < -0.3 is 4.90 Å². The van der Waals surface area contributed by atoms with Gasteiger partial charge >= 0.3 is 0 Å². The van der Waals surface area contributed by atoms with E-state index in [9.17, 15) is 13.2 Å². The van der Waals surface area contributed by atoms with E-state index in [1.807, 2.05) is 28.8 Å². The SMILES string of the molecule is O=C(CSc1ncc2ccccn12)N1CCc2cc(S(=O)(=O)N3CCCCC3)ccc21. The molecular weight excluding hydrogens is 432 g/mol. The lowest BCUT2D eigenvalue weighted by molar-refractivity contribution is -0.116. The van der Waals surface area contributed by atoms with Crippen LogP contribution in [-0.2, 0) is 21.2 Å². The summed E-state index contributed by atoms with van der Waals surface area (Å²) in [5.41, 5.74) is 2.73. The third kappa shape index (κ3) is 3.86. The van der Waals surface area contributed by atoms with Gasteiger partial charge in [0.05, 0.1) is 22.4 Å². The van der Waals surface area contributed by atoms with E-state index in [4.69, 9.17) is 0 Å². The van der Waals surface area contributed by atoms with Crippen molar-refractivity contribution in [3.63, 3.8) is 0 Å². The highest BCUT2D eigenvalue weighted by atomic mass is 32.2. The largest absolute Gasteiger partial charge is 0.311 e. The molecule has 0 aliphatic carbocycles. The molecule has 2 aromatic heterocycles. The second kappa shape index (κ2) is 8.29. The van der Waals surface area contributed by atoms with Crippen LogP contribution in [0.3, 0.4) is 0 Å². The zero-order chi connectivity index (χ0) is 21.4. The van der Waals surface area contributed by atoms with E-state index in [0.29, 0.717) is 31.0 Å². The minimum absolute atomic E-state index is 0.00284. The summed E-state index contributed by atoms with van der Waals surface area (Å²) >= 11 is 1.41. The topological polar surface area (TPSA) is 75.0 Å². The Morgan fingerprint density at radius 3 is 2.74 bits per heavy atom. The number of pyridine rings is 1. The average molecular weight is 457 g/mol. The molecule has 0 N–H and O–H groups in total. The van der Waals surface area contributed by atoms with Crippen molar-refractivity contribution in [1.29, 1.82) is 0 Å². The first kappa shape index (κ1) is 20.5. The Bertz CT molecular complexity index is 1230. The Labute approximate surface area is 186 Å². The summed E-state index contributed by atoms with van der Waals surface area (Å²) in [6.07, 6.45) is 7.31. The zero-order valence-corrected chi connectivity index (χ0v) is 18.7. The number of hydrogen-bond donors (Lipinski definition) is 0. The lowest BCUT2D eigenvalue weighted by atomic mass is 10.2. The predicted molar refractivity (Wildman–Crippen MR) is 121 cm³/mol. The average Bonchev–Trinajstić information content (AvgIpc) is 3.42. The van der Waals surface area contributed by atoms with Gasteiger partial charge in [-0.3, -0.25) is 9.20 Å². The maximum absolute atomic E-state index is 13.0. The highest BCUT2D eigenvalue weighted by Gasteiger charge is 2.30. The van der Waals surface area contributed by atoms with Gasteiger partial charge in [0.1, 0.15) is 0 Å². The van der Waals surface area contributed by atoms with Crippen LogP contribution in [0.4, 0.5) is 5.69 Å². The molecule has 0 atom stereocenters. The monoisotopic (exact) mass is 456 g/mol. The van der Waals surface area contributed by atoms with E-state index < -0.39 is 10.0 Å². The van der Waals surface area contributed by atoms with Crippen LogP contribution in [0.15, 0.2) is 58.8 Å². The first-order valence-corrected chi connectivity index (χ1v) is 12.9. The second-order valence-corrected chi connectivity index (χ2v) is 10.8. The second-order valence-electron chi connectivity index (χ2n) is 7.88. The Morgan fingerprint density at radius 2 is 1.90 bits per heavy atom. The molecule has 7 nitrogen and oxygen atoms in total. The molecule has 1 fully saturated rings. The molecule has 0 radical (unpaired) electrons. The molecule has 0 spiro atoms. The van der Waals surface area contributed by atoms with Crippen molar-refractivity contribution in [2.75, 3.05) is 30.3 Å². The Kier molecular flexibility index (Phi) is 5.49. The highest BCUT2D eigenvalue weighted by Crippen LogP contribution is 2.32. The molecule has 2 aliphatic rings. The van der Waals surface area contributed by atoms with E-state index >= 15 is 0 Å². The van der Waals surface area contributed by atoms with Crippen LogP contribution in [0.1, 0.15) is 24.8 Å². The Balaban J connectivity index is 1.30. The van der Waals surface area contributed by atoms with Crippen LogP contribution in [0.5, 0.6) is 0 Å². The summed E-state index contributed by atoms with van der Waals surface area (Å²) in [6, 6.07) is 11.0. The number of carbonyl (C=O) groups is 1. The van der Waals surface area contributed by atoms with Gasteiger partial charge in [-0.25, -0.2) is 13.4 Å². The number of nitrogens with zero attached hydrogens (tertiary/aromatic N) is 4. The first-order chi connectivity index (χ1) is 15.0. The number of aromatic nitrogens is 2. The van der Waals surface area contributed by atoms with Crippen LogP contribution >= 0.6 is 11.8 Å². The number of benzene rings is 1. The minimum Gasteiger partial charge on any atom is -0.311 e. The van der Waals surface area contributed by atoms with Gasteiger partial charge in [0.25, 0.3) is 0 Å². The normalized spacial score (nSPS) is 17.2. The van der Waals surface area contributed by atoms with Crippen LogP contribution < -0.4 is 4.90 Å². The third-order valence-corrected chi connectivity index (χ3v) is 8.78. The number of anilines is 1. The lowest BCUT2D eigenvalue weighted by Crippen LogP contribution is -2.35. The maximum atomic E-state index is 13.0. The first-order valence-electron chi connectivity index (χ1n) is 10.5. The lowest BCUT2D eigenvalue weighted by Gasteiger charge is -2.26. The Morgan fingerprint density at radius 1 is 1.06 bits per heavy atom. The van der Waals surface area contributed by atoms with E-state index in [-0.39, 0.29) is 11.7 Å².